The molecule has 0 saturated heterocycles. The van der Waals surface area contributed by atoms with Gasteiger partial charge in [0.1, 0.15) is 5.75 Å². The summed E-state index contributed by atoms with van der Waals surface area (Å²) in [6.45, 7) is 0. The van der Waals surface area contributed by atoms with Crippen molar-refractivity contribution in [3.8, 4) is 11.8 Å². The molecular weight excluding hydrogens is 338 g/mol. The molecule has 100 valence electrons. The zero-order valence-electron chi connectivity index (χ0n) is 10.7. The zero-order valence-corrected chi connectivity index (χ0v) is 13.1. The Morgan fingerprint density at radius 1 is 1.25 bits per heavy atom. The van der Waals surface area contributed by atoms with E-state index in [0.29, 0.717) is 16.3 Å². The van der Waals surface area contributed by atoms with E-state index in [1.165, 1.54) is 0 Å². The van der Waals surface area contributed by atoms with Gasteiger partial charge in [-0.15, -0.1) is 0 Å². The van der Waals surface area contributed by atoms with Gasteiger partial charge < -0.3 is 4.74 Å². The Morgan fingerprint density at radius 3 is 2.50 bits per heavy atom. The summed E-state index contributed by atoms with van der Waals surface area (Å²) >= 11 is 9.45. The molecular formula is C16H11BrClNO. The minimum Gasteiger partial charge on any atom is -0.495 e. The zero-order chi connectivity index (χ0) is 14.5. The highest BCUT2D eigenvalue weighted by atomic mass is 79.9. The predicted octanol–water partition coefficient (Wildman–Crippen LogP) is 5.18. The number of hydrogen-bond donors (Lipinski definition) is 0. The molecule has 2 rings (SSSR count). The molecule has 0 amide bonds. The predicted molar refractivity (Wildman–Crippen MR) is 85.6 cm³/mol. The van der Waals surface area contributed by atoms with Crippen LogP contribution in [0.5, 0.6) is 5.75 Å². The first kappa shape index (κ1) is 14.6. The van der Waals surface area contributed by atoms with Gasteiger partial charge in [-0.25, -0.2) is 0 Å². The molecule has 2 nitrogen and oxygen atoms in total. The second kappa shape index (κ2) is 6.60. The molecule has 0 unspecified atom stereocenters. The minimum absolute atomic E-state index is 0.523. The van der Waals surface area contributed by atoms with Gasteiger partial charge in [-0.2, -0.15) is 5.26 Å². The normalized spacial score (nSPS) is 11.0. The lowest BCUT2D eigenvalue weighted by Crippen LogP contribution is -1.85. The second-order valence-electron chi connectivity index (χ2n) is 4.07. The summed E-state index contributed by atoms with van der Waals surface area (Å²) in [5, 5.41) is 9.82. The molecule has 0 spiro atoms. The molecule has 0 saturated carbocycles. The maximum Gasteiger partial charge on any atom is 0.137 e. The van der Waals surface area contributed by atoms with Gasteiger partial charge in [0.15, 0.2) is 0 Å². The summed E-state index contributed by atoms with van der Waals surface area (Å²) in [7, 11) is 1.57. The third-order valence-corrected chi connectivity index (χ3v) is 3.59. The first-order chi connectivity index (χ1) is 9.63. The van der Waals surface area contributed by atoms with Crippen LogP contribution in [0.3, 0.4) is 0 Å². The van der Waals surface area contributed by atoms with Crippen LogP contribution in [0.1, 0.15) is 11.1 Å². The topological polar surface area (TPSA) is 33.0 Å². The van der Waals surface area contributed by atoms with Crippen molar-refractivity contribution in [2.45, 2.75) is 0 Å². The van der Waals surface area contributed by atoms with Crippen LogP contribution in [-0.2, 0) is 0 Å². The fourth-order valence-electron chi connectivity index (χ4n) is 1.75. The first-order valence-electron chi connectivity index (χ1n) is 5.85. The summed E-state index contributed by atoms with van der Waals surface area (Å²) < 4.78 is 6.08. The molecule has 0 heterocycles. The molecule has 0 aromatic heterocycles. The number of rotatable bonds is 3. The summed E-state index contributed by atoms with van der Waals surface area (Å²) in [6.07, 6.45) is 1.80. The average molecular weight is 349 g/mol. The monoisotopic (exact) mass is 347 g/mol. The van der Waals surface area contributed by atoms with E-state index in [2.05, 4.69) is 22.0 Å². The van der Waals surface area contributed by atoms with E-state index in [4.69, 9.17) is 16.3 Å². The van der Waals surface area contributed by atoms with Gasteiger partial charge in [-0.3, -0.25) is 0 Å². The molecule has 4 heteroatoms. The molecule has 0 atom stereocenters. The van der Waals surface area contributed by atoms with Gasteiger partial charge in [0.05, 0.1) is 23.8 Å². The lowest BCUT2D eigenvalue weighted by Gasteiger charge is -2.04. The van der Waals surface area contributed by atoms with Crippen molar-refractivity contribution in [1.82, 2.24) is 0 Å². The van der Waals surface area contributed by atoms with E-state index < -0.39 is 0 Å². The fourth-order valence-corrected chi connectivity index (χ4v) is 2.28. The van der Waals surface area contributed by atoms with Crippen molar-refractivity contribution in [1.29, 1.82) is 5.26 Å². The number of nitriles is 1. The van der Waals surface area contributed by atoms with Crippen LogP contribution in [-0.4, -0.2) is 7.11 Å². The molecule has 0 fully saturated rings. The highest BCUT2D eigenvalue weighted by Crippen LogP contribution is 2.27. The maximum atomic E-state index is 9.29. The molecule has 2 aromatic carbocycles. The third-order valence-electron chi connectivity index (χ3n) is 2.76. The molecule has 0 aliphatic carbocycles. The smallest absolute Gasteiger partial charge is 0.137 e. The number of ether oxygens (including phenoxy) is 1. The summed E-state index contributed by atoms with van der Waals surface area (Å²) in [6, 6.07) is 15.2. The molecule has 2 aromatic rings. The van der Waals surface area contributed by atoms with E-state index in [0.717, 1.165) is 15.6 Å². The highest BCUT2D eigenvalue weighted by Gasteiger charge is 2.04. The number of nitrogens with zero attached hydrogens (tertiary/aromatic N) is 1. The quantitative estimate of drug-likeness (QED) is 0.566. The molecule has 0 N–H and O–H groups in total. The van der Waals surface area contributed by atoms with E-state index >= 15 is 0 Å². The van der Waals surface area contributed by atoms with Crippen LogP contribution in [0.25, 0.3) is 11.6 Å². The van der Waals surface area contributed by atoms with Crippen LogP contribution in [0.15, 0.2) is 46.9 Å². The van der Waals surface area contributed by atoms with E-state index in [-0.39, 0.29) is 0 Å². The van der Waals surface area contributed by atoms with Crippen LogP contribution in [0, 0.1) is 11.3 Å². The maximum absolute atomic E-state index is 9.29. The Bertz CT molecular complexity index is 687. The largest absolute Gasteiger partial charge is 0.495 e. The van der Waals surface area contributed by atoms with E-state index in [1.54, 1.807) is 25.3 Å². The van der Waals surface area contributed by atoms with Crippen molar-refractivity contribution < 1.29 is 4.74 Å². The number of methoxy groups -OCH3 is 1. The van der Waals surface area contributed by atoms with Gasteiger partial charge >= 0.3 is 0 Å². The Morgan fingerprint density at radius 2 is 1.95 bits per heavy atom. The Labute approximate surface area is 131 Å². The lowest BCUT2D eigenvalue weighted by atomic mass is 10.0. The van der Waals surface area contributed by atoms with Crippen LogP contribution in [0.4, 0.5) is 0 Å². The van der Waals surface area contributed by atoms with Crippen LogP contribution in [0.2, 0.25) is 5.02 Å². The summed E-state index contributed by atoms with van der Waals surface area (Å²) in [5.41, 5.74) is 2.30. The molecule has 0 aliphatic heterocycles. The Kier molecular flexibility index (Phi) is 4.84. The summed E-state index contributed by atoms with van der Waals surface area (Å²) in [4.78, 5) is 0. The number of hydrogen-bond acceptors (Lipinski definition) is 2. The lowest BCUT2D eigenvalue weighted by molar-refractivity contribution is 0.415. The fraction of sp³-hybridized carbons (Fsp3) is 0.0625. The van der Waals surface area contributed by atoms with Crippen molar-refractivity contribution in [2.75, 3.05) is 7.11 Å². The molecule has 0 aliphatic rings. The van der Waals surface area contributed by atoms with Gasteiger partial charge in [0.2, 0.25) is 0 Å². The van der Waals surface area contributed by atoms with Crippen molar-refractivity contribution in [3.05, 3.63) is 63.1 Å². The highest BCUT2D eigenvalue weighted by molar-refractivity contribution is 9.10. The number of benzene rings is 2. The van der Waals surface area contributed by atoms with Gasteiger partial charge in [0, 0.05) is 4.47 Å². The Hall–Kier alpha value is -1.76. The van der Waals surface area contributed by atoms with Crippen LogP contribution >= 0.6 is 27.5 Å². The van der Waals surface area contributed by atoms with E-state index in [9.17, 15) is 5.26 Å². The van der Waals surface area contributed by atoms with Gasteiger partial charge in [0.25, 0.3) is 0 Å². The Balaban J connectivity index is 2.39. The minimum atomic E-state index is 0.523. The van der Waals surface area contributed by atoms with E-state index in [1.807, 2.05) is 30.3 Å². The number of allylic oxidation sites excluding steroid dienone is 1. The average Bonchev–Trinajstić information content (AvgIpc) is 2.46. The molecule has 0 bridgehead atoms. The standard InChI is InChI=1S/C16H11BrClNO/c1-20-16-7-2-11(9-15(16)18)8-13(10-19)12-3-5-14(17)6-4-12/h2-9H,1H3/b13-8+. The van der Waals surface area contributed by atoms with Crippen LogP contribution < -0.4 is 4.74 Å². The van der Waals surface area contributed by atoms with Gasteiger partial charge in [-0.1, -0.05) is 45.7 Å². The van der Waals surface area contributed by atoms with Crippen molar-refractivity contribution in [2.24, 2.45) is 0 Å². The first-order valence-corrected chi connectivity index (χ1v) is 7.02. The van der Waals surface area contributed by atoms with Gasteiger partial charge in [-0.05, 0) is 41.5 Å². The van der Waals surface area contributed by atoms with Crippen molar-refractivity contribution >= 4 is 39.2 Å². The van der Waals surface area contributed by atoms with Crippen molar-refractivity contribution in [3.63, 3.8) is 0 Å². The number of halogens is 2. The second-order valence-corrected chi connectivity index (χ2v) is 5.39. The SMILES string of the molecule is COc1ccc(/C=C(\C#N)c2ccc(Br)cc2)cc1Cl. The summed E-state index contributed by atoms with van der Waals surface area (Å²) in [5.74, 6) is 0.617. The molecule has 0 radical (unpaired) electrons. The third kappa shape index (κ3) is 3.41. The molecule has 20 heavy (non-hydrogen) atoms.